The number of phosphoric ester groups is 1. The summed E-state index contributed by atoms with van der Waals surface area (Å²) in [6, 6.07) is 0. The van der Waals surface area contributed by atoms with Gasteiger partial charge in [-0.1, -0.05) is 38.7 Å². The molecule has 0 aromatic carbocycles. The number of esters is 1. The fourth-order valence-electron chi connectivity index (χ4n) is 1.50. The van der Waals surface area contributed by atoms with Crippen LogP contribution in [0.25, 0.3) is 0 Å². The molecule has 0 unspecified atom stereocenters. The van der Waals surface area contributed by atoms with E-state index in [1.54, 1.807) is 0 Å². The molecule has 0 aromatic heterocycles. The molecule has 0 radical (unpaired) electrons. The van der Waals surface area contributed by atoms with E-state index in [0.29, 0.717) is 13.0 Å². The Hall–Kier alpha value is -0.680. The number of carbonyl (C=O) groups excluding carboxylic acids is 1. The first kappa shape index (κ1) is 18.3. The van der Waals surface area contributed by atoms with Gasteiger partial charge >= 0.3 is 13.8 Å². The first-order valence-corrected chi connectivity index (χ1v) is 7.98. The predicted octanol–water partition coefficient (Wildman–Crippen LogP) is 2.56. The Kier molecular flexibility index (Phi) is 10.8. The molecular formula is C12H23O6P. The lowest BCUT2D eigenvalue weighted by Gasteiger charge is -2.05. The molecule has 0 rings (SSSR count). The summed E-state index contributed by atoms with van der Waals surface area (Å²) in [6.45, 7) is 3.84. The van der Waals surface area contributed by atoms with Gasteiger partial charge in [0.05, 0.1) is 13.2 Å². The van der Waals surface area contributed by atoms with E-state index in [4.69, 9.17) is 14.5 Å². The van der Waals surface area contributed by atoms with Crippen LogP contribution in [0.1, 0.15) is 44.9 Å². The van der Waals surface area contributed by atoms with Gasteiger partial charge in [0.25, 0.3) is 0 Å². The van der Waals surface area contributed by atoms with Crippen LogP contribution in [0.4, 0.5) is 0 Å². The number of hydrogen-bond acceptors (Lipinski definition) is 4. The molecule has 0 saturated carbocycles. The SMILES string of the molecule is C=CC(=O)OCCCCCCCCCOP(=O)(O)O. The maximum Gasteiger partial charge on any atom is 0.469 e. The van der Waals surface area contributed by atoms with Crippen molar-refractivity contribution in [2.75, 3.05) is 13.2 Å². The van der Waals surface area contributed by atoms with Crippen molar-refractivity contribution >= 4 is 13.8 Å². The minimum Gasteiger partial charge on any atom is -0.463 e. The van der Waals surface area contributed by atoms with E-state index in [0.717, 1.165) is 44.6 Å². The van der Waals surface area contributed by atoms with Crippen molar-refractivity contribution < 1.29 is 28.4 Å². The minimum absolute atomic E-state index is 0.0990. The Morgan fingerprint density at radius 3 is 1.95 bits per heavy atom. The molecule has 0 atom stereocenters. The third-order valence-corrected chi connectivity index (χ3v) is 2.98. The van der Waals surface area contributed by atoms with Gasteiger partial charge in [0.15, 0.2) is 0 Å². The lowest BCUT2D eigenvalue weighted by Crippen LogP contribution is -2.01. The largest absolute Gasteiger partial charge is 0.469 e. The summed E-state index contributed by atoms with van der Waals surface area (Å²) >= 11 is 0. The zero-order valence-electron chi connectivity index (χ0n) is 11.1. The zero-order chi connectivity index (χ0) is 14.6. The van der Waals surface area contributed by atoms with E-state index in [2.05, 4.69) is 11.1 Å². The molecule has 0 aliphatic rings. The third kappa shape index (κ3) is 15.3. The Balaban J connectivity index is 3.13. The Labute approximate surface area is 114 Å². The van der Waals surface area contributed by atoms with E-state index in [1.165, 1.54) is 0 Å². The van der Waals surface area contributed by atoms with E-state index < -0.39 is 7.82 Å². The molecule has 0 heterocycles. The number of phosphoric acid groups is 1. The quantitative estimate of drug-likeness (QED) is 0.249. The van der Waals surface area contributed by atoms with Gasteiger partial charge in [-0.05, 0) is 12.8 Å². The highest BCUT2D eigenvalue weighted by atomic mass is 31.2. The molecule has 2 N–H and O–H groups in total. The molecule has 0 spiro atoms. The molecule has 6 nitrogen and oxygen atoms in total. The number of rotatable bonds is 12. The molecule has 0 bridgehead atoms. The summed E-state index contributed by atoms with van der Waals surface area (Å²) in [7, 11) is -4.30. The van der Waals surface area contributed by atoms with Gasteiger partial charge in [-0.25, -0.2) is 9.36 Å². The van der Waals surface area contributed by atoms with Crippen LogP contribution in [0.15, 0.2) is 12.7 Å². The maximum absolute atomic E-state index is 10.7. The lowest BCUT2D eigenvalue weighted by molar-refractivity contribution is -0.137. The number of carbonyl (C=O) groups is 1. The first-order valence-electron chi connectivity index (χ1n) is 6.45. The van der Waals surface area contributed by atoms with Crippen molar-refractivity contribution in [2.45, 2.75) is 44.9 Å². The third-order valence-electron chi connectivity index (χ3n) is 2.46. The van der Waals surface area contributed by atoms with Gasteiger partial charge < -0.3 is 14.5 Å². The molecule has 19 heavy (non-hydrogen) atoms. The summed E-state index contributed by atoms with van der Waals surface area (Å²) < 4.78 is 19.5. The fourth-order valence-corrected chi connectivity index (χ4v) is 1.87. The van der Waals surface area contributed by atoms with Crippen LogP contribution >= 0.6 is 7.82 Å². The Morgan fingerprint density at radius 2 is 1.47 bits per heavy atom. The van der Waals surface area contributed by atoms with Crippen LogP contribution in [0.3, 0.4) is 0 Å². The molecule has 0 aromatic rings. The van der Waals surface area contributed by atoms with Gasteiger partial charge in [0.1, 0.15) is 0 Å². The summed E-state index contributed by atoms with van der Waals surface area (Å²) in [5.41, 5.74) is 0. The molecular weight excluding hydrogens is 271 g/mol. The second-order valence-electron chi connectivity index (χ2n) is 4.17. The average Bonchev–Trinajstić information content (AvgIpc) is 2.34. The second-order valence-corrected chi connectivity index (χ2v) is 5.41. The van der Waals surface area contributed by atoms with Crippen LogP contribution in [-0.4, -0.2) is 29.0 Å². The first-order chi connectivity index (χ1) is 8.95. The summed E-state index contributed by atoms with van der Waals surface area (Å²) in [5.74, 6) is -0.384. The monoisotopic (exact) mass is 294 g/mol. The zero-order valence-corrected chi connectivity index (χ0v) is 12.0. The van der Waals surface area contributed by atoms with Crippen molar-refractivity contribution in [1.29, 1.82) is 0 Å². The van der Waals surface area contributed by atoms with Gasteiger partial charge in [-0.15, -0.1) is 0 Å². The molecule has 7 heteroatoms. The molecule has 0 saturated heterocycles. The maximum atomic E-state index is 10.7. The fraction of sp³-hybridized carbons (Fsp3) is 0.750. The number of unbranched alkanes of at least 4 members (excludes halogenated alkanes) is 6. The van der Waals surface area contributed by atoms with Crippen molar-refractivity contribution in [2.24, 2.45) is 0 Å². The minimum atomic E-state index is -4.30. The van der Waals surface area contributed by atoms with Crippen LogP contribution in [0.2, 0.25) is 0 Å². The van der Waals surface area contributed by atoms with E-state index in [-0.39, 0.29) is 12.6 Å². The Bertz CT molecular complexity index is 299. The lowest BCUT2D eigenvalue weighted by atomic mass is 10.1. The van der Waals surface area contributed by atoms with E-state index in [1.807, 2.05) is 0 Å². The van der Waals surface area contributed by atoms with E-state index in [9.17, 15) is 9.36 Å². The predicted molar refractivity (Wildman–Crippen MR) is 71.5 cm³/mol. The summed E-state index contributed by atoms with van der Waals surface area (Å²) in [4.78, 5) is 27.6. The molecule has 112 valence electrons. The number of ether oxygens (including phenoxy) is 1. The van der Waals surface area contributed by atoms with E-state index >= 15 is 0 Å². The normalized spacial score (nSPS) is 11.3. The summed E-state index contributed by atoms with van der Waals surface area (Å²) in [6.07, 6.45) is 7.69. The van der Waals surface area contributed by atoms with Crippen molar-refractivity contribution in [3.63, 3.8) is 0 Å². The van der Waals surface area contributed by atoms with Crippen molar-refractivity contribution in [3.8, 4) is 0 Å². The van der Waals surface area contributed by atoms with Crippen LogP contribution in [0.5, 0.6) is 0 Å². The second kappa shape index (κ2) is 11.2. The van der Waals surface area contributed by atoms with Gasteiger partial charge in [0.2, 0.25) is 0 Å². The smallest absolute Gasteiger partial charge is 0.463 e. The highest BCUT2D eigenvalue weighted by Gasteiger charge is 2.12. The van der Waals surface area contributed by atoms with Crippen LogP contribution in [0, 0.1) is 0 Å². The molecule has 0 aliphatic carbocycles. The number of hydrogen-bond donors (Lipinski definition) is 2. The van der Waals surface area contributed by atoms with Gasteiger partial charge in [0, 0.05) is 6.08 Å². The van der Waals surface area contributed by atoms with Crippen LogP contribution < -0.4 is 0 Å². The molecule has 0 fully saturated rings. The summed E-state index contributed by atoms with van der Waals surface area (Å²) in [5, 5.41) is 0. The molecule has 0 aliphatic heterocycles. The topological polar surface area (TPSA) is 93.1 Å². The highest BCUT2D eigenvalue weighted by Crippen LogP contribution is 2.35. The van der Waals surface area contributed by atoms with Crippen LogP contribution in [-0.2, 0) is 18.6 Å². The van der Waals surface area contributed by atoms with Gasteiger partial charge in [-0.2, -0.15) is 0 Å². The highest BCUT2D eigenvalue weighted by molar-refractivity contribution is 7.46. The van der Waals surface area contributed by atoms with Crippen molar-refractivity contribution in [1.82, 2.24) is 0 Å². The average molecular weight is 294 g/mol. The molecule has 0 amide bonds. The standard InChI is InChI=1S/C12H23O6P/c1-2-12(13)17-10-8-6-4-3-5-7-9-11-18-19(14,15)16/h2H,1,3-11H2,(H2,14,15,16). The van der Waals surface area contributed by atoms with Crippen molar-refractivity contribution in [3.05, 3.63) is 12.7 Å². The Morgan fingerprint density at radius 1 is 1.00 bits per heavy atom. The van der Waals surface area contributed by atoms with Gasteiger partial charge in [-0.3, -0.25) is 4.52 Å².